The van der Waals surface area contributed by atoms with Crippen molar-refractivity contribution in [3.8, 4) is 11.3 Å². The normalized spacial score (nSPS) is 12.7. The second-order valence-electron chi connectivity index (χ2n) is 6.70. The van der Waals surface area contributed by atoms with Crippen LogP contribution in [0.25, 0.3) is 22.2 Å². The smallest absolute Gasteiger partial charge is 0.214 e. The van der Waals surface area contributed by atoms with Crippen LogP contribution in [0, 0.1) is 0 Å². The molecule has 0 unspecified atom stereocenters. The molecule has 0 aliphatic heterocycles. The van der Waals surface area contributed by atoms with Crippen molar-refractivity contribution in [3.63, 3.8) is 0 Å². The van der Waals surface area contributed by atoms with Gasteiger partial charge in [0.2, 0.25) is 5.78 Å². The van der Waals surface area contributed by atoms with E-state index in [2.05, 4.69) is 15.2 Å². The molecule has 1 aliphatic carbocycles. The number of carbonyl (C=O) groups excluding carboxylic acids is 1. The number of fused-ring (bicyclic) bond motifs is 2. The lowest BCUT2D eigenvalue weighted by molar-refractivity contribution is 0.103. The Morgan fingerprint density at radius 3 is 2.85 bits per heavy atom. The minimum absolute atomic E-state index is 0.0571. The topological polar surface area (TPSA) is 89.1 Å². The number of aromatic nitrogens is 3. The zero-order valence-corrected chi connectivity index (χ0v) is 15.0. The van der Waals surface area contributed by atoms with Gasteiger partial charge in [0.1, 0.15) is 11.4 Å². The molecule has 0 amide bonds. The van der Waals surface area contributed by atoms with Gasteiger partial charge in [0.15, 0.2) is 0 Å². The van der Waals surface area contributed by atoms with Crippen LogP contribution in [0.2, 0.25) is 0 Å². The van der Waals surface area contributed by atoms with Crippen molar-refractivity contribution in [2.45, 2.75) is 6.54 Å². The first kappa shape index (κ1) is 16.7. The van der Waals surface area contributed by atoms with Gasteiger partial charge in [-0.2, -0.15) is 5.10 Å². The number of ketones is 1. The number of nitrogens with one attached hydrogen (secondary N) is 1. The molecule has 3 aromatic rings. The molecule has 1 aromatic carbocycles. The molecule has 0 spiro atoms. The molecule has 7 heteroatoms. The van der Waals surface area contributed by atoms with Gasteiger partial charge in [0, 0.05) is 42.5 Å². The van der Waals surface area contributed by atoms with E-state index in [4.69, 9.17) is 10.8 Å². The Morgan fingerprint density at radius 1 is 1.23 bits per heavy atom. The molecule has 134 valence electrons. The third kappa shape index (κ3) is 2.56. The number of rotatable bonds is 6. The summed E-state index contributed by atoms with van der Waals surface area (Å²) in [6.07, 6.45) is 1.65. The number of benzene rings is 1. The number of hydrogen-bond acceptors (Lipinski definition) is 6. The van der Waals surface area contributed by atoms with Gasteiger partial charge in [-0.05, 0) is 38.4 Å². The molecule has 2 heterocycles. The molecule has 0 saturated carbocycles. The Labute approximate surface area is 151 Å². The summed E-state index contributed by atoms with van der Waals surface area (Å²) in [5.41, 5.74) is 10.2. The Morgan fingerprint density at radius 2 is 2.08 bits per heavy atom. The average molecular weight is 350 g/mol. The number of nitrogens with two attached hydrogens (primary N) is 1. The van der Waals surface area contributed by atoms with Gasteiger partial charge in [-0.25, -0.2) is 0 Å². The summed E-state index contributed by atoms with van der Waals surface area (Å²) in [4.78, 5) is 19.6. The van der Waals surface area contributed by atoms with Crippen LogP contribution in [-0.2, 0) is 6.54 Å². The fourth-order valence-corrected chi connectivity index (χ4v) is 3.45. The van der Waals surface area contributed by atoms with E-state index in [1.54, 1.807) is 6.20 Å². The number of carbonyl (C=O) groups is 1. The van der Waals surface area contributed by atoms with E-state index >= 15 is 0 Å². The van der Waals surface area contributed by atoms with Gasteiger partial charge in [-0.3, -0.25) is 14.5 Å². The molecule has 0 saturated heterocycles. The van der Waals surface area contributed by atoms with Crippen LogP contribution >= 0.6 is 0 Å². The predicted molar refractivity (Wildman–Crippen MR) is 102 cm³/mol. The zero-order chi connectivity index (χ0) is 18.3. The number of nitrogens with zero attached hydrogens (tertiary/aromatic N) is 4. The van der Waals surface area contributed by atoms with E-state index in [-0.39, 0.29) is 5.78 Å². The molecule has 4 rings (SSSR count). The maximum absolute atomic E-state index is 13.2. The summed E-state index contributed by atoms with van der Waals surface area (Å²) in [5, 5.41) is 9.03. The molecular formula is C19H22N6O. The lowest BCUT2D eigenvalue weighted by Crippen LogP contribution is -2.22. The van der Waals surface area contributed by atoms with Crippen molar-refractivity contribution in [2.75, 3.05) is 39.0 Å². The highest BCUT2D eigenvalue weighted by Gasteiger charge is 2.31. The van der Waals surface area contributed by atoms with Gasteiger partial charge < -0.3 is 16.0 Å². The quantitative estimate of drug-likeness (QED) is 0.549. The lowest BCUT2D eigenvalue weighted by atomic mass is 9.89. The fourth-order valence-electron chi connectivity index (χ4n) is 3.45. The Bertz CT molecular complexity index is 991. The maximum Gasteiger partial charge on any atom is 0.214 e. The lowest BCUT2D eigenvalue weighted by Gasteiger charge is -2.18. The summed E-state index contributed by atoms with van der Waals surface area (Å²) < 4.78 is 1.88. The van der Waals surface area contributed by atoms with E-state index in [1.807, 2.05) is 43.0 Å². The van der Waals surface area contributed by atoms with Crippen LogP contribution in [0.1, 0.15) is 16.1 Å². The fraction of sp³-hybridized carbons (Fsp3) is 0.316. The first-order chi connectivity index (χ1) is 12.6. The number of pyridine rings is 1. The average Bonchev–Trinajstić information content (AvgIpc) is 2.99. The van der Waals surface area contributed by atoms with E-state index < -0.39 is 0 Å². The van der Waals surface area contributed by atoms with Crippen LogP contribution in [0.5, 0.6) is 0 Å². The first-order valence-corrected chi connectivity index (χ1v) is 8.74. The molecule has 0 radical (unpaired) electrons. The van der Waals surface area contributed by atoms with Crippen molar-refractivity contribution >= 4 is 22.4 Å². The van der Waals surface area contributed by atoms with Gasteiger partial charge in [0.25, 0.3) is 0 Å². The molecular weight excluding hydrogens is 328 g/mol. The van der Waals surface area contributed by atoms with E-state index in [0.29, 0.717) is 24.3 Å². The predicted octanol–water partition coefficient (Wildman–Crippen LogP) is 1.57. The summed E-state index contributed by atoms with van der Waals surface area (Å²) in [5.74, 6) is -0.0571. The Balaban J connectivity index is 1.92. The summed E-state index contributed by atoms with van der Waals surface area (Å²) in [7, 11) is 4.05. The Hall–Kier alpha value is -2.77. The highest BCUT2D eigenvalue weighted by Crippen LogP contribution is 2.41. The molecule has 7 nitrogen and oxygen atoms in total. The minimum atomic E-state index is -0.0571. The van der Waals surface area contributed by atoms with E-state index in [0.717, 1.165) is 40.9 Å². The third-order valence-electron chi connectivity index (χ3n) is 4.64. The second kappa shape index (κ2) is 6.51. The summed E-state index contributed by atoms with van der Waals surface area (Å²) in [6, 6.07) is 7.71. The molecule has 2 aromatic heterocycles. The highest BCUT2D eigenvalue weighted by atomic mass is 16.1. The second-order valence-corrected chi connectivity index (χ2v) is 6.70. The molecule has 26 heavy (non-hydrogen) atoms. The molecule has 1 aliphatic rings. The van der Waals surface area contributed by atoms with Crippen LogP contribution in [-0.4, -0.2) is 59.2 Å². The van der Waals surface area contributed by atoms with Crippen molar-refractivity contribution in [3.05, 3.63) is 41.7 Å². The summed E-state index contributed by atoms with van der Waals surface area (Å²) in [6.45, 7) is 2.72. The van der Waals surface area contributed by atoms with Crippen LogP contribution in [0.3, 0.4) is 0 Å². The van der Waals surface area contributed by atoms with Crippen molar-refractivity contribution < 1.29 is 4.79 Å². The molecule has 0 fully saturated rings. The van der Waals surface area contributed by atoms with Gasteiger partial charge in [0.05, 0.1) is 17.6 Å². The van der Waals surface area contributed by atoms with Crippen molar-refractivity contribution in [2.24, 2.45) is 5.73 Å². The van der Waals surface area contributed by atoms with E-state index in [1.165, 1.54) is 0 Å². The number of anilines is 1. The van der Waals surface area contributed by atoms with Crippen LogP contribution in [0.4, 0.5) is 5.69 Å². The Kier molecular flexibility index (Phi) is 4.18. The molecule has 0 atom stereocenters. The van der Waals surface area contributed by atoms with Gasteiger partial charge >= 0.3 is 0 Å². The molecule has 0 bridgehead atoms. The maximum atomic E-state index is 13.2. The van der Waals surface area contributed by atoms with E-state index in [9.17, 15) is 4.79 Å². The van der Waals surface area contributed by atoms with Crippen LogP contribution < -0.4 is 11.1 Å². The molecule has 3 N–H and O–H groups in total. The third-order valence-corrected chi connectivity index (χ3v) is 4.64. The monoisotopic (exact) mass is 350 g/mol. The zero-order valence-electron chi connectivity index (χ0n) is 15.0. The van der Waals surface area contributed by atoms with Gasteiger partial charge in [-0.15, -0.1) is 0 Å². The number of likely N-dealkylation sites (N-methyl/N-ethyl adjacent to an activating group) is 1. The van der Waals surface area contributed by atoms with Gasteiger partial charge in [-0.1, -0.05) is 0 Å². The van der Waals surface area contributed by atoms with Crippen LogP contribution in [0.15, 0.2) is 30.5 Å². The highest BCUT2D eigenvalue weighted by molar-refractivity contribution is 6.26. The summed E-state index contributed by atoms with van der Waals surface area (Å²) >= 11 is 0. The number of hydrogen-bond donors (Lipinski definition) is 2. The standard InChI is InChI=1S/C19H22N6O/c1-24(2)11-9-21-13-5-6-14-16-15(13)19(26)18-12(4-3-8-22-18)17(16)23-25(14)10-7-20/h3-6,8,21H,7,9-11,20H2,1-2H3. The SMILES string of the molecule is CN(C)CCNc1ccc2c3c(nn2CCN)-c2cccnc2C(=O)c13. The van der Waals surface area contributed by atoms with Crippen molar-refractivity contribution in [1.82, 2.24) is 19.7 Å². The van der Waals surface area contributed by atoms with Crippen molar-refractivity contribution in [1.29, 1.82) is 0 Å². The first-order valence-electron chi connectivity index (χ1n) is 8.74. The minimum Gasteiger partial charge on any atom is -0.383 e. The largest absolute Gasteiger partial charge is 0.383 e.